The van der Waals surface area contributed by atoms with Gasteiger partial charge >= 0.3 is 0 Å². The fourth-order valence-electron chi connectivity index (χ4n) is 1.62. The van der Waals surface area contributed by atoms with Crippen LogP contribution in [-0.2, 0) is 16.6 Å². The average Bonchev–Trinajstić information content (AvgIpc) is 2.36. The fourth-order valence-corrected chi connectivity index (χ4v) is 3.24. The van der Waals surface area contributed by atoms with Crippen LogP contribution in [-0.4, -0.2) is 20.5 Å². The van der Waals surface area contributed by atoms with E-state index >= 15 is 0 Å². The van der Waals surface area contributed by atoms with Gasteiger partial charge in [-0.1, -0.05) is 39.3 Å². The van der Waals surface area contributed by atoms with Gasteiger partial charge in [0.1, 0.15) is 0 Å². The second-order valence-corrected chi connectivity index (χ2v) is 8.06. The van der Waals surface area contributed by atoms with Gasteiger partial charge in [0.2, 0.25) is 10.0 Å². The Labute approximate surface area is 133 Å². The molecule has 1 unspecified atom stereocenters. The summed E-state index contributed by atoms with van der Waals surface area (Å²) in [7, 11) is -3.52. The molecular formula is C15H25ClN2O2S. The third kappa shape index (κ3) is 5.58. The van der Waals surface area contributed by atoms with Crippen molar-refractivity contribution in [3.63, 3.8) is 0 Å². The summed E-state index contributed by atoms with van der Waals surface area (Å²) in [6.07, 6.45) is 0. The molecular weight excluding hydrogens is 308 g/mol. The summed E-state index contributed by atoms with van der Waals surface area (Å²) in [5.41, 5.74) is 0.783. The monoisotopic (exact) mass is 332 g/mol. The van der Waals surface area contributed by atoms with E-state index < -0.39 is 10.0 Å². The van der Waals surface area contributed by atoms with Crippen molar-refractivity contribution < 1.29 is 8.42 Å². The second-order valence-electron chi connectivity index (χ2n) is 5.94. The van der Waals surface area contributed by atoms with Crippen LogP contribution in [0.25, 0.3) is 0 Å². The van der Waals surface area contributed by atoms with E-state index in [1.807, 2.05) is 34.6 Å². The molecule has 0 amide bonds. The van der Waals surface area contributed by atoms with E-state index in [0.717, 1.165) is 5.56 Å². The van der Waals surface area contributed by atoms with Crippen LogP contribution in [0.1, 0.15) is 40.2 Å². The summed E-state index contributed by atoms with van der Waals surface area (Å²) in [5, 5.41) is 3.81. The average molecular weight is 333 g/mol. The maximum atomic E-state index is 12.4. The summed E-state index contributed by atoms with van der Waals surface area (Å²) in [6, 6.07) is 4.99. The van der Waals surface area contributed by atoms with Gasteiger partial charge in [0.15, 0.2) is 0 Å². The lowest BCUT2D eigenvalue weighted by molar-refractivity contribution is 0.476. The van der Waals surface area contributed by atoms with Gasteiger partial charge in [-0.25, -0.2) is 13.1 Å². The Bertz CT molecular complexity index is 571. The van der Waals surface area contributed by atoms with Crippen molar-refractivity contribution in [2.45, 2.75) is 58.1 Å². The van der Waals surface area contributed by atoms with Crippen molar-refractivity contribution in [3.05, 3.63) is 28.8 Å². The largest absolute Gasteiger partial charge is 0.310 e. The summed E-state index contributed by atoms with van der Waals surface area (Å²) in [5.74, 6) is 0.231. The number of hydrogen-bond acceptors (Lipinski definition) is 3. The quantitative estimate of drug-likeness (QED) is 0.806. The van der Waals surface area contributed by atoms with Gasteiger partial charge in [0.25, 0.3) is 0 Å². The molecule has 1 aromatic carbocycles. The van der Waals surface area contributed by atoms with Gasteiger partial charge in [0, 0.05) is 23.7 Å². The molecule has 2 N–H and O–H groups in total. The summed E-state index contributed by atoms with van der Waals surface area (Å²) >= 11 is 6.13. The van der Waals surface area contributed by atoms with E-state index in [9.17, 15) is 8.42 Å². The minimum atomic E-state index is -3.52. The molecule has 0 heterocycles. The lowest BCUT2D eigenvalue weighted by Gasteiger charge is -2.18. The second kappa shape index (κ2) is 7.58. The molecule has 0 spiro atoms. The van der Waals surface area contributed by atoms with Crippen LogP contribution in [0.5, 0.6) is 0 Å². The zero-order valence-corrected chi connectivity index (χ0v) is 14.8. The highest BCUT2D eigenvalue weighted by molar-refractivity contribution is 7.89. The summed E-state index contributed by atoms with van der Waals surface area (Å²) < 4.78 is 27.4. The van der Waals surface area contributed by atoms with Crippen LogP contribution >= 0.6 is 11.6 Å². The summed E-state index contributed by atoms with van der Waals surface area (Å²) in [4.78, 5) is 0.250. The predicted octanol–water partition coefficient (Wildman–Crippen LogP) is 3.16. The van der Waals surface area contributed by atoms with E-state index in [1.54, 1.807) is 12.1 Å². The molecule has 0 bridgehead atoms. The lowest BCUT2D eigenvalue weighted by Crippen LogP contribution is -2.36. The van der Waals surface area contributed by atoms with E-state index in [1.165, 1.54) is 6.07 Å². The van der Waals surface area contributed by atoms with Crippen LogP contribution < -0.4 is 10.0 Å². The molecule has 0 saturated heterocycles. The van der Waals surface area contributed by atoms with Crippen molar-refractivity contribution in [1.29, 1.82) is 0 Å². The van der Waals surface area contributed by atoms with E-state index in [2.05, 4.69) is 10.0 Å². The van der Waals surface area contributed by atoms with Crippen molar-refractivity contribution in [2.75, 3.05) is 0 Å². The Hall–Kier alpha value is -0.620. The third-order valence-electron chi connectivity index (χ3n) is 3.37. The Morgan fingerprint density at radius 2 is 1.76 bits per heavy atom. The first-order valence-electron chi connectivity index (χ1n) is 7.17. The molecule has 4 nitrogen and oxygen atoms in total. The van der Waals surface area contributed by atoms with Crippen LogP contribution in [0.15, 0.2) is 23.1 Å². The van der Waals surface area contributed by atoms with Gasteiger partial charge in [-0.3, -0.25) is 0 Å². The first-order valence-corrected chi connectivity index (χ1v) is 9.03. The Kier molecular flexibility index (Phi) is 6.66. The minimum absolute atomic E-state index is 0.122. The van der Waals surface area contributed by atoms with Gasteiger partial charge in [-0.15, -0.1) is 0 Å². The van der Waals surface area contributed by atoms with Gasteiger partial charge < -0.3 is 5.32 Å². The van der Waals surface area contributed by atoms with Crippen LogP contribution in [0.3, 0.4) is 0 Å². The molecule has 0 aliphatic carbocycles. The molecule has 1 aromatic rings. The van der Waals surface area contributed by atoms with Crippen LogP contribution in [0, 0.1) is 5.92 Å². The van der Waals surface area contributed by atoms with Crippen LogP contribution in [0.4, 0.5) is 0 Å². The molecule has 1 rings (SSSR count). The fraction of sp³-hybridized carbons (Fsp3) is 0.600. The molecule has 0 aromatic heterocycles. The molecule has 0 aliphatic heterocycles. The van der Waals surface area contributed by atoms with Crippen molar-refractivity contribution in [2.24, 2.45) is 5.92 Å². The smallest absolute Gasteiger partial charge is 0.240 e. The number of halogens is 1. The minimum Gasteiger partial charge on any atom is -0.310 e. The SMILES string of the molecule is CC(C)NCc1cc(S(=O)(=O)NC(C)C(C)C)ccc1Cl. The molecule has 0 radical (unpaired) electrons. The Morgan fingerprint density at radius 1 is 1.14 bits per heavy atom. The van der Waals surface area contributed by atoms with Gasteiger partial charge in [-0.2, -0.15) is 0 Å². The Balaban J connectivity index is 3.00. The standard InChI is InChI=1S/C15H25ClN2O2S/c1-10(2)12(5)18-21(19,20)14-6-7-15(16)13(8-14)9-17-11(3)4/h6-8,10-12,17-18H,9H2,1-5H3. The van der Waals surface area contributed by atoms with E-state index in [4.69, 9.17) is 11.6 Å². The van der Waals surface area contributed by atoms with Crippen molar-refractivity contribution in [3.8, 4) is 0 Å². The molecule has 6 heteroatoms. The molecule has 0 saturated carbocycles. The third-order valence-corrected chi connectivity index (χ3v) is 5.29. The molecule has 120 valence electrons. The maximum absolute atomic E-state index is 12.4. The predicted molar refractivity (Wildman–Crippen MR) is 88.0 cm³/mol. The topological polar surface area (TPSA) is 58.2 Å². The number of rotatable bonds is 7. The van der Waals surface area contributed by atoms with E-state index in [-0.39, 0.29) is 16.9 Å². The zero-order chi connectivity index (χ0) is 16.2. The number of benzene rings is 1. The number of sulfonamides is 1. The highest BCUT2D eigenvalue weighted by atomic mass is 35.5. The number of hydrogen-bond donors (Lipinski definition) is 2. The molecule has 0 aliphatic rings. The van der Waals surface area contributed by atoms with Crippen molar-refractivity contribution >= 4 is 21.6 Å². The van der Waals surface area contributed by atoms with Crippen LogP contribution in [0.2, 0.25) is 5.02 Å². The Morgan fingerprint density at radius 3 is 2.29 bits per heavy atom. The number of nitrogens with one attached hydrogen (secondary N) is 2. The zero-order valence-electron chi connectivity index (χ0n) is 13.3. The highest BCUT2D eigenvalue weighted by Gasteiger charge is 2.20. The molecule has 21 heavy (non-hydrogen) atoms. The first kappa shape index (κ1) is 18.4. The summed E-state index contributed by atoms with van der Waals surface area (Å²) in [6.45, 7) is 10.4. The molecule has 0 fully saturated rings. The highest BCUT2D eigenvalue weighted by Crippen LogP contribution is 2.21. The van der Waals surface area contributed by atoms with E-state index in [0.29, 0.717) is 17.6 Å². The maximum Gasteiger partial charge on any atom is 0.240 e. The lowest BCUT2D eigenvalue weighted by atomic mass is 10.1. The van der Waals surface area contributed by atoms with Crippen molar-refractivity contribution in [1.82, 2.24) is 10.0 Å². The first-order chi connectivity index (χ1) is 9.63. The normalized spacial score (nSPS) is 13.9. The van der Waals surface area contributed by atoms with Gasteiger partial charge in [0.05, 0.1) is 4.90 Å². The molecule has 1 atom stereocenters. The van der Waals surface area contributed by atoms with Gasteiger partial charge in [-0.05, 0) is 36.6 Å².